The second kappa shape index (κ2) is 10.7. The molecule has 0 fully saturated rings. The summed E-state index contributed by atoms with van der Waals surface area (Å²) in [5.41, 5.74) is 2.42. The molecule has 0 spiro atoms. The van der Waals surface area contributed by atoms with Crippen molar-refractivity contribution in [3.63, 3.8) is 0 Å². The molecule has 0 saturated carbocycles. The van der Waals surface area contributed by atoms with Crippen LogP contribution in [0.4, 0.5) is 10.1 Å². The summed E-state index contributed by atoms with van der Waals surface area (Å²) in [5.74, 6) is -0.872. The molecule has 162 valence electrons. The minimum Gasteiger partial charge on any atom is -0.462 e. The van der Waals surface area contributed by atoms with Crippen molar-refractivity contribution >= 4 is 29.3 Å². The van der Waals surface area contributed by atoms with Crippen LogP contribution >= 0.6 is 11.8 Å². The number of anilines is 1. The van der Waals surface area contributed by atoms with E-state index in [0.29, 0.717) is 35.3 Å². The first-order valence-electron chi connectivity index (χ1n) is 9.59. The first kappa shape index (κ1) is 22.5. The standard InChI is InChI=1S/C22H22FN3O4S/c1-2-30-21(29)16-5-9-18(10-6-16)25-20(28)14-31-22-24-11-19(13-27)26(22)12-15-3-7-17(23)8-4-15/h3-11,27H,2,12-14H2,1H3,(H,25,28). The van der Waals surface area contributed by atoms with E-state index < -0.39 is 5.97 Å². The van der Waals surface area contributed by atoms with Crippen LogP contribution in [0.3, 0.4) is 0 Å². The SMILES string of the molecule is CCOC(=O)c1ccc(NC(=O)CSc2ncc(CO)n2Cc2ccc(F)cc2)cc1. The van der Waals surface area contributed by atoms with Gasteiger partial charge in [-0.15, -0.1) is 0 Å². The second-order valence-electron chi connectivity index (χ2n) is 6.54. The Morgan fingerprint density at radius 1 is 1.16 bits per heavy atom. The van der Waals surface area contributed by atoms with Gasteiger partial charge in [0.1, 0.15) is 5.82 Å². The molecule has 1 amide bonds. The lowest BCUT2D eigenvalue weighted by molar-refractivity contribution is -0.113. The minimum absolute atomic E-state index is 0.102. The predicted molar refractivity (Wildman–Crippen MR) is 115 cm³/mol. The molecule has 2 aromatic carbocycles. The molecule has 0 aliphatic carbocycles. The van der Waals surface area contributed by atoms with Gasteiger partial charge < -0.3 is 19.7 Å². The summed E-state index contributed by atoms with van der Waals surface area (Å²) in [6.45, 7) is 2.23. The lowest BCUT2D eigenvalue weighted by Gasteiger charge is -2.11. The highest BCUT2D eigenvalue weighted by atomic mass is 32.2. The summed E-state index contributed by atoms with van der Waals surface area (Å²) in [6.07, 6.45) is 1.55. The molecule has 0 unspecified atom stereocenters. The number of imidazole rings is 1. The highest BCUT2D eigenvalue weighted by Crippen LogP contribution is 2.21. The molecule has 2 N–H and O–H groups in total. The fourth-order valence-electron chi connectivity index (χ4n) is 2.81. The zero-order valence-corrected chi connectivity index (χ0v) is 17.7. The molecule has 0 aliphatic rings. The number of carbonyl (C=O) groups excluding carboxylic acids is 2. The van der Waals surface area contributed by atoms with Crippen LogP contribution in [0.25, 0.3) is 0 Å². The molecule has 0 bridgehead atoms. The van der Waals surface area contributed by atoms with Crippen molar-refractivity contribution in [2.24, 2.45) is 0 Å². The zero-order valence-electron chi connectivity index (χ0n) is 16.9. The Bertz CT molecular complexity index is 1040. The highest BCUT2D eigenvalue weighted by molar-refractivity contribution is 7.99. The number of aromatic nitrogens is 2. The second-order valence-corrected chi connectivity index (χ2v) is 7.48. The molecule has 0 saturated heterocycles. The van der Waals surface area contributed by atoms with Crippen molar-refractivity contribution < 1.29 is 23.8 Å². The first-order chi connectivity index (χ1) is 15.0. The summed E-state index contributed by atoms with van der Waals surface area (Å²) >= 11 is 1.23. The van der Waals surface area contributed by atoms with Crippen LogP contribution < -0.4 is 5.32 Å². The minimum atomic E-state index is -0.413. The number of nitrogens with zero attached hydrogens (tertiary/aromatic N) is 2. The molecule has 7 nitrogen and oxygen atoms in total. The van der Waals surface area contributed by atoms with Crippen LogP contribution in [-0.2, 0) is 22.7 Å². The zero-order chi connectivity index (χ0) is 22.2. The number of ether oxygens (including phenoxy) is 1. The number of rotatable bonds is 9. The molecular weight excluding hydrogens is 421 g/mol. The molecule has 1 heterocycles. The number of thioether (sulfide) groups is 1. The monoisotopic (exact) mass is 443 g/mol. The van der Waals surface area contributed by atoms with E-state index in [1.165, 1.54) is 23.9 Å². The first-order valence-corrected chi connectivity index (χ1v) is 10.6. The van der Waals surface area contributed by atoms with E-state index in [1.54, 1.807) is 54.1 Å². The smallest absolute Gasteiger partial charge is 0.338 e. The molecular formula is C22H22FN3O4S. The number of carbonyl (C=O) groups is 2. The third-order valence-corrected chi connectivity index (χ3v) is 5.32. The van der Waals surface area contributed by atoms with Crippen molar-refractivity contribution in [1.82, 2.24) is 9.55 Å². The van der Waals surface area contributed by atoms with Crippen molar-refractivity contribution in [1.29, 1.82) is 0 Å². The summed E-state index contributed by atoms with van der Waals surface area (Å²) in [5, 5.41) is 12.9. The van der Waals surface area contributed by atoms with Crippen molar-refractivity contribution in [3.8, 4) is 0 Å². The quantitative estimate of drug-likeness (QED) is 0.389. The molecule has 0 atom stereocenters. The number of halogens is 1. The largest absolute Gasteiger partial charge is 0.462 e. The number of esters is 1. The number of hydrogen-bond acceptors (Lipinski definition) is 6. The summed E-state index contributed by atoms with van der Waals surface area (Å²) in [4.78, 5) is 28.3. The number of amides is 1. The number of aliphatic hydroxyl groups is 1. The van der Waals surface area contributed by atoms with Crippen molar-refractivity contribution in [2.45, 2.75) is 25.2 Å². The summed E-state index contributed by atoms with van der Waals surface area (Å²) < 4.78 is 19.9. The van der Waals surface area contributed by atoms with Crippen molar-refractivity contribution in [2.75, 3.05) is 17.7 Å². The van der Waals surface area contributed by atoms with Gasteiger partial charge in [-0.25, -0.2) is 14.2 Å². The van der Waals surface area contributed by atoms with E-state index in [2.05, 4.69) is 10.3 Å². The van der Waals surface area contributed by atoms with Gasteiger partial charge in [0.2, 0.25) is 5.91 Å². The number of hydrogen-bond donors (Lipinski definition) is 2. The Morgan fingerprint density at radius 3 is 2.52 bits per heavy atom. The van der Waals surface area contributed by atoms with E-state index in [9.17, 15) is 19.1 Å². The average Bonchev–Trinajstić information content (AvgIpc) is 3.16. The van der Waals surface area contributed by atoms with Gasteiger partial charge in [0.25, 0.3) is 0 Å². The molecule has 1 aromatic heterocycles. The van der Waals surface area contributed by atoms with Gasteiger partial charge in [0.15, 0.2) is 5.16 Å². The maximum absolute atomic E-state index is 13.1. The van der Waals surface area contributed by atoms with Gasteiger partial charge in [0, 0.05) is 12.2 Å². The Balaban J connectivity index is 1.60. The average molecular weight is 444 g/mol. The normalized spacial score (nSPS) is 10.7. The van der Waals surface area contributed by atoms with Gasteiger partial charge >= 0.3 is 5.97 Å². The fraction of sp³-hybridized carbons (Fsp3) is 0.227. The lowest BCUT2D eigenvalue weighted by Crippen LogP contribution is -2.15. The van der Waals surface area contributed by atoms with Gasteiger partial charge in [-0.2, -0.15) is 0 Å². The summed E-state index contributed by atoms with van der Waals surface area (Å²) in [6, 6.07) is 12.5. The number of aliphatic hydroxyl groups excluding tert-OH is 1. The summed E-state index contributed by atoms with van der Waals surface area (Å²) in [7, 11) is 0. The van der Waals surface area contributed by atoms with Crippen LogP contribution in [0, 0.1) is 5.82 Å². The fourth-order valence-corrected chi connectivity index (χ4v) is 3.60. The molecule has 3 aromatic rings. The molecule has 3 rings (SSSR count). The van der Waals surface area contributed by atoms with Crippen LogP contribution in [0.1, 0.15) is 28.5 Å². The van der Waals surface area contributed by atoms with Gasteiger partial charge in [-0.3, -0.25) is 4.79 Å². The third kappa shape index (κ3) is 6.16. The van der Waals surface area contributed by atoms with Crippen LogP contribution in [0.5, 0.6) is 0 Å². The van der Waals surface area contributed by atoms with E-state index >= 15 is 0 Å². The maximum atomic E-state index is 13.1. The molecule has 31 heavy (non-hydrogen) atoms. The van der Waals surface area contributed by atoms with E-state index in [4.69, 9.17) is 4.74 Å². The van der Waals surface area contributed by atoms with Crippen molar-refractivity contribution in [3.05, 3.63) is 77.4 Å². The van der Waals surface area contributed by atoms with Crippen LogP contribution in [0.2, 0.25) is 0 Å². The Morgan fingerprint density at radius 2 is 1.87 bits per heavy atom. The number of nitrogens with one attached hydrogen (secondary N) is 1. The van der Waals surface area contributed by atoms with Crippen LogP contribution in [0.15, 0.2) is 59.9 Å². The Labute approximate surface area is 183 Å². The predicted octanol–water partition coefficient (Wildman–Crippen LogP) is 3.47. The van der Waals surface area contributed by atoms with E-state index in [0.717, 1.165) is 5.56 Å². The van der Waals surface area contributed by atoms with Gasteiger partial charge in [-0.1, -0.05) is 23.9 Å². The Hall–Kier alpha value is -3.17. The van der Waals surface area contributed by atoms with E-state index in [-0.39, 0.29) is 24.1 Å². The van der Waals surface area contributed by atoms with Crippen LogP contribution in [-0.4, -0.2) is 38.9 Å². The van der Waals surface area contributed by atoms with Gasteiger partial charge in [0.05, 0.1) is 36.4 Å². The topological polar surface area (TPSA) is 93.4 Å². The Kier molecular flexibility index (Phi) is 7.80. The molecule has 0 radical (unpaired) electrons. The molecule has 0 aliphatic heterocycles. The number of benzene rings is 2. The maximum Gasteiger partial charge on any atom is 0.338 e. The van der Waals surface area contributed by atoms with E-state index in [1.807, 2.05) is 0 Å². The third-order valence-electron chi connectivity index (χ3n) is 4.33. The lowest BCUT2D eigenvalue weighted by atomic mass is 10.2. The van der Waals surface area contributed by atoms with Gasteiger partial charge in [-0.05, 0) is 48.9 Å². The molecule has 9 heteroatoms. The highest BCUT2D eigenvalue weighted by Gasteiger charge is 2.13.